The summed E-state index contributed by atoms with van der Waals surface area (Å²) in [6.45, 7) is 7.76. The Balaban J connectivity index is 3.08. The fourth-order valence-electron chi connectivity index (χ4n) is 2.42. The minimum Gasteiger partial charge on any atom is -0.466 e. The normalized spacial score (nSPS) is 10.3. The third-order valence-corrected chi connectivity index (χ3v) is 3.42. The SMILES string of the molecule is CCOC(=O)CCc1c(C(=O)OCC)[nH]c(C)c1CC(=O)OCC. The standard InChI is InChI=1S/C17H25NO6/c1-5-22-14(19)9-8-12-13(10-15(20)23-6-2)11(4)18-16(12)17(21)24-7-3/h18H,5-10H2,1-4H3. The average Bonchev–Trinajstić information content (AvgIpc) is 2.82. The van der Waals surface area contributed by atoms with Crippen molar-refractivity contribution in [1.82, 2.24) is 4.98 Å². The molecule has 0 radical (unpaired) electrons. The highest BCUT2D eigenvalue weighted by atomic mass is 16.5. The zero-order valence-electron chi connectivity index (χ0n) is 14.7. The van der Waals surface area contributed by atoms with Gasteiger partial charge in [0, 0.05) is 12.1 Å². The summed E-state index contributed by atoms with van der Waals surface area (Å²) in [7, 11) is 0. The van der Waals surface area contributed by atoms with Gasteiger partial charge >= 0.3 is 17.9 Å². The van der Waals surface area contributed by atoms with Crippen molar-refractivity contribution in [1.29, 1.82) is 0 Å². The number of hydrogen-bond acceptors (Lipinski definition) is 6. The van der Waals surface area contributed by atoms with E-state index in [4.69, 9.17) is 14.2 Å². The van der Waals surface area contributed by atoms with E-state index >= 15 is 0 Å². The molecule has 24 heavy (non-hydrogen) atoms. The van der Waals surface area contributed by atoms with Crippen molar-refractivity contribution in [3.05, 3.63) is 22.5 Å². The third-order valence-electron chi connectivity index (χ3n) is 3.42. The summed E-state index contributed by atoms with van der Waals surface area (Å²) in [5, 5.41) is 0. The van der Waals surface area contributed by atoms with Crippen LogP contribution in [0.1, 0.15) is 54.5 Å². The molecule has 0 aliphatic rings. The molecule has 1 heterocycles. The van der Waals surface area contributed by atoms with E-state index < -0.39 is 5.97 Å². The van der Waals surface area contributed by atoms with Gasteiger partial charge in [-0.15, -0.1) is 0 Å². The number of ether oxygens (including phenoxy) is 3. The molecule has 1 aromatic rings. The van der Waals surface area contributed by atoms with Crippen LogP contribution in [0.2, 0.25) is 0 Å². The summed E-state index contributed by atoms with van der Waals surface area (Å²) in [5.41, 5.74) is 2.23. The lowest BCUT2D eigenvalue weighted by Crippen LogP contribution is -2.13. The molecule has 0 amide bonds. The lowest BCUT2D eigenvalue weighted by molar-refractivity contribution is -0.143. The van der Waals surface area contributed by atoms with Gasteiger partial charge in [0.05, 0.1) is 26.2 Å². The highest BCUT2D eigenvalue weighted by Crippen LogP contribution is 2.23. The molecule has 134 valence electrons. The molecule has 0 aliphatic carbocycles. The van der Waals surface area contributed by atoms with Crippen molar-refractivity contribution < 1.29 is 28.6 Å². The van der Waals surface area contributed by atoms with Crippen molar-refractivity contribution in [2.24, 2.45) is 0 Å². The van der Waals surface area contributed by atoms with Crippen LogP contribution in [0.4, 0.5) is 0 Å². The van der Waals surface area contributed by atoms with Gasteiger partial charge in [-0.3, -0.25) is 9.59 Å². The van der Waals surface area contributed by atoms with Gasteiger partial charge in [-0.1, -0.05) is 0 Å². The second kappa shape index (κ2) is 9.75. The minimum absolute atomic E-state index is 0.0355. The van der Waals surface area contributed by atoms with Gasteiger partial charge in [0.2, 0.25) is 0 Å². The summed E-state index contributed by atoms with van der Waals surface area (Å²) >= 11 is 0. The van der Waals surface area contributed by atoms with Crippen LogP contribution in [0.3, 0.4) is 0 Å². The van der Waals surface area contributed by atoms with Gasteiger partial charge in [0.1, 0.15) is 5.69 Å². The summed E-state index contributed by atoms with van der Waals surface area (Å²) in [6, 6.07) is 0. The number of aromatic nitrogens is 1. The van der Waals surface area contributed by atoms with Crippen LogP contribution in [0, 0.1) is 6.92 Å². The van der Waals surface area contributed by atoms with Crippen molar-refractivity contribution in [2.45, 2.75) is 47.0 Å². The number of rotatable bonds is 9. The minimum atomic E-state index is -0.505. The first kappa shape index (κ1) is 19.7. The molecule has 0 bridgehead atoms. The first-order chi connectivity index (χ1) is 11.4. The number of aryl methyl sites for hydroxylation is 1. The fraction of sp³-hybridized carbons (Fsp3) is 0.588. The Labute approximate surface area is 141 Å². The summed E-state index contributed by atoms with van der Waals surface area (Å²) in [6.07, 6.45) is 0.438. The van der Waals surface area contributed by atoms with E-state index in [0.717, 1.165) is 0 Å². The monoisotopic (exact) mass is 339 g/mol. The molecule has 1 aromatic heterocycles. The van der Waals surface area contributed by atoms with E-state index in [1.807, 2.05) is 0 Å². The number of H-pyrrole nitrogens is 1. The third kappa shape index (κ3) is 5.40. The van der Waals surface area contributed by atoms with E-state index in [0.29, 0.717) is 23.4 Å². The lowest BCUT2D eigenvalue weighted by atomic mass is 10.0. The molecular weight excluding hydrogens is 314 g/mol. The predicted octanol–water partition coefficient (Wildman–Crippen LogP) is 2.10. The van der Waals surface area contributed by atoms with Crippen LogP contribution < -0.4 is 0 Å². The molecule has 0 unspecified atom stereocenters. The molecule has 1 N–H and O–H groups in total. The number of nitrogens with one attached hydrogen (secondary N) is 1. The van der Waals surface area contributed by atoms with Gasteiger partial charge in [0.25, 0.3) is 0 Å². The second-order valence-electron chi connectivity index (χ2n) is 5.09. The molecule has 7 heteroatoms. The van der Waals surface area contributed by atoms with Crippen LogP contribution in [-0.4, -0.2) is 42.7 Å². The van der Waals surface area contributed by atoms with Crippen molar-refractivity contribution in [3.63, 3.8) is 0 Å². The Morgan fingerprint density at radius 2 is 1.46 bits per heavy atom. The quantitative estimate of drug-likeness (QED) is 0.547. The first-order valence-corrected chi connectivity index (χ1v) is 8.13. The highest BCUT2D eigenvalue weighted by molar-refractivity contribution is 5.91. The maximum Gasteiger partial charge on any atom is 0.355 e. The summed E-state index contributed by atoms with van der Waals surface area (Å²) < 4.78 is 14.9. The van der Waals surface area contributed by atoms with Gasteiger partial charge < -0.3 is 19.2 Å². The molecule has 0 atom stereocenters. The smallest absolute Gasteiger partial charge is 0.355 e. The number of esters is 3. The predicted molar refractivity (Wildman–Crippen MR) is 86.8 cm³/mol. The lowest BCUT2D eigenvalue weighted by Gasteiger charge is -2.08. The first-order valence-electron chi connectivity index (χ1n) is 8.13. The van der Waals surface area contributed by atoms with E-state index in [1.54, 1.807) is 27.7 Å². The van der Waals surface area contributed by atoms with Crippen LogP contribution >= 0.6 is 0 Å². The Kier molecular flexibility index (Phi) is 8.01. The van der Waals surface area contributed by atoms with Gasteiger partial charge in [-0.25, -0.2) is 4.79 Å². The highest BCUT2D eigenvalue weighted by Gasteiger charge is 2.23. The topological polar surface area (TPSA) is 94.7 Å². The van der Waals surface area contributed by atoms with E-state index in [-0.39, 0.29) is 50.1 Å². The molecule has 0 saturated carbocycles. The maximum atomic E-state index is 12.1. The molecule has 0 aromatic carbocycles. The number of carbonyl (C=O) groups excluding carboxylic acids is 3. The zero-order chi connectivity index (χ0) is 18.1. The van der Waals surface area contributed by atoms with Crippen LogP contribution in [0.5, 0.6) is 0 Å². The Hall–Kier alpha value is -2.31. The van der Waals surface area contributed by atoms with Crippen LogP contribution in [-0.2, 0) is 36.6 Å². The molecule has 0 fully saturated rings. The molecule has 7 nitrogen and oxygen atoms in total. The Bertz CT molecular complexity index is 590. The molecule has 0 spiro atoms. The van der Waals surface area contributed by atoms with Gasteiger partial charge in [-0.2, -0.15) is 0 Å². The van der Waals surface area contributed by atoms with Crippen LogP contribution in [0.25, 0.3) is 0 Å². The number of aromatic amines is 1. The van der Waals surface area contributed by atoms with Crippen LogP contribution in [0.15, 0.2) is 0 Å². The fourth-order valence-corrected chi connectivity index (χ4v) is 2.42. The van der Waals surface area contributed by atoms with E-state index in [1.165, 1.54) is 0 Å². The number of hydrogen-bond donors (Lipinski definition) is 1. The maximum absolute atomic E-state index is 12.1. The molecule has 0 aliphatic heterocycles. The average molecular weight is 339 g/mol. The summed E-state index contributed by atoms with van der Waals surface area (Å²) in [5.74, 6) is -1.24. The van der Waals surface area contributed by atoms with E-state index in [9.17, 15) is 14.4 Å². The largest absolute Gasteiger partial charge is 0.466 e. The zero-order valence-corrected chi connectivity index (χ0v) is 14.7. The summed E-state index contributed by atoms with van der Waals surface area (Å²) in [4.78, 5) is 38.5. The van der Waals surface area contributed by atoms with Crippen molar-refractivity contribution >= 4 is 17.9 Å². The molecular formula is C17H25NO6. The Morgan fingerprint density at radius 3 is 2.04 bits per heavy atom. The van der Waals surface area contributed by atoms with Gasteiger partial charge in [-0.05, 0) is 45.2 Å². The second-order valence-corrected chi connectivity index (χ2v) is 5.09. The molecule has 0 saturated heterocycles. The van der Waals surface area contributed by atoms with Crippen molar-refractivity contribution in [2.75, 3.05) is 19.8 Å². The van der Waals surface area contributed by atoms with Crippen molar-refractivity contribution in [3.8, 4) is 0 Å². The Morgan fingerprint density at radius 1 is 0.875 bits per heavy atom. The van der Waals surface area contributed by atoms with E-state index in [2.05, 4.69) is 4.98 Å². The van der Waals surface area contributed by atoms with Gasteiger partial charge in [0.15, 0.2) is 0 Å². The molecule has 1 rings (SSSR count). The number of carbonyl (C=O) groups is 3.